The number of rotatable bonds is 9. The highest BCUT2D eigenvalue weighted by molar-refractivity contribution is 14.0. The summed E-state index contributed by atoms with van der Waals surface area (Å²) in [6.07, 6.45) is 5.39. The van der Waals surface area contributed by atoms with Crippen LogP contribution in [0.1, 0.15) is 45.8 Å². The molecule has 2 unspecified atom stereocenters. The lowest BCUT2D eigenvalue weighted by Crippen LogP contribution is -2.44. The zero-order chi connectivity index (χ0) is 21.4. The molecule has 9 heteroatoms. The van der Waals surface area contributed by atoms with Crippen molar-refractivity contribution >= 4 is 36.0 Å². The smallest absolute Gasteiger partial charge is 0.407 e. The number of carbonyl (C=O) groups is 1. The lowest BCUT2D eigenvalue weighted by molar-refractivity contribution is 0.0500. The molecule has 2 aliphatic rings. The first-order valence-electron chi connectivity index (χ1n) is 11.0. The van der Waals surface area contributed by atoms with Gasteiger partial charge in [0.2, 0.25) is 0 Å². The van der Waals surface area contributed by atoms with Crippen molar-refractivity contribution in [1.82, 2.24) is 16.0 Å². The fraction of sp³-hybridized carbons (Fsp3) is 0.727. The zero-order valence-electron chi connectivity index (χ0n) is 18.8. The molecule has 1 aliphatic heterocycles. The summed E-state index contributed by atoms with van der Waals surface area (Å²) in [6.45, 7) is 9.28. The van der Waals surface area contributed by atoms with E-state index in [0.717, 1.165) is 57.2 Å². The minimum absolute atomic E-state index is 0. The summed E-state index contributed by atoms with van der Waals surface area (Å²) in [4.78, 5) is 17.0. The predicted molar refractivity (Wildman–Crippen MR) is 131 cm³/mol. The number of guanidine groups is 1. The quantitative estimate of drug-likeness (QED) is 0.249. The van der Waals surface area contributed by atoms with E-state index in [1.54, 1.807) is 6.26 Å². The summed E-state index contributed by atoms with van der Waals surface area (Å²) in [5.74, 6) is 2.66. The molecule has 1 aromatic heterocycles. The third-order valence-electron chi connectivity index (χ3n) is 5.17. The van der Waals surface area contributed by atoms with Gasteiger partial charge in [0.15, 0.2) is 5.96 Å². The maximum absolute atomic E-state index is 12.2. The molecular formula is C22H37IN4O4. The van der Waals surface area contributed by atoms with E-state index in [4.69, 9.17) is 18.9 Å². The van der Waals surface area contributed by atoms with E-state index >= 15 is 0 Å². The summed E-state index contributed by atoms with van der Waals surface area (Å²) in [6, 6.07) is 3.85. The minimum Gasteiger partial charge on any atom is -0.469 e. The molecule has 1 aliphatic carbocycles. The first-order chi connectivity index (χ1) is 14.4. The molecule has 8 nitrogen and oxygen atoms in total. The fourth-order valence-electron chi connectivity index (χ4n) is 3.38. The van der Waals surface area contributed by atoms with E-state index in [1.165, 1.54) is 0 Å². The molecule has 1 saturated heterocycles. The maximum atomic E-state index is 12.2. The van der Waals surface area contributed by atoms with Crippen molar-refractivity contribution in [3.63, 3.8) is 0 Å². The second kappa shape index (κ2) is 12.5. The predicted octanol–water partition coefficient (Wildman–Crippen LogP) is 3.32. The average molecular weight is 548 g/mol. The van der Waals surface area contributed by atoms with Crippen LogP contribution in [-0.4, -0.2) is 56.5 Å². The number of nitrogens with zero attached hydrogens (tertiary/aromatic N) is 1. The first-order valence-corrected chi connectivity index (χ1v) is 11.0. The molecule has 1 amide bonds. The molecule has 3 rings (SSSR count). The van der Waals surface area contributed by atoms with E-state index < -0.39 is 5.60 Å². The van der Waals surface area contributed by atoms with Gasteiger partial charge in [-0.25, -0.2) is 4.79 Å². The van der Waals surface area contributed by atoms with Crippen LogP contribution < -0.4 is 16.0 Å². The van der Waals surface area contributed by atoms with Crippen molar-refractivity contribution in [3.05, 3.63) is 24.2 Å². The SMILES string of the molecule is CC(C)(C)OC(=O)NC(CN=C(NCCc1ccco1)NCC1CCOC1)C1CC1.I. The van der Waals surface area contributed by atoms with Gasteiger partial charge in [0.1, 0.15) is 11.4 Å². The van der Waals surface area contributed by atoms with Crippen molar-refractivity contribution in [1.29, 1.82) is 0 Å². The summed E-state index contributed by atoms with van der Waals surface area (Å²) in [7, 11) is 0. The number of hydrogen-bond acceptors (Lipinski definition) is 5. The highest BCUT2D eigenvalue weighted by Gasteiger charge is 2.33. The second-order valence-corrected chi connectivity index (χ2v) is 9.15. The third kappa shape index (κ3) is 10.1. The largest absolute Gasteiger partial charge is 0.469 e. The number of nitrogens with one attached hydrogen (secondary N) is 3. The Morgan fingerprint density at radius 1 is 1.29 bits per heavy atom. The molecule has 0 spiro atoms. The van der Waals surface area contributed by atoms with E-state index in [9.17, 15) is 4.79 Å². The van der Waals surface area contributed by atoms with Crippen LogP contribution in [0.2, 0.25) is 0 Å². The van der Waals surface area contributed by atoms with E-state index in [2.05, 4.69) is 16.0 Å². The van der Waals surface area contributed by atoms with Crippen molar-refractivity contribution in [2.24, 2.45) is 16.8 Å². The van der Waals surface area contributed by atoms with Gasteiger partial charge in [-0.2, -0.15) is 0 Å². The lowest BCUT2D eigenvalue weighted by Gasteiger charge is -2.23. The molecule has 176 valence electrons. The summed E-state index contributed by atoms with van der Waals surface area (Å²) in [5, 5.41) is 9.82. The van der Waals surface area contributed by atoms with Crippen LogP contribution in [0.4, 0.5) is 4.79 Å². The van der Waals surface area contributed by atoms with Gasteiger partial charge in [-0.3, -0.25) is 4.99 Å². The molecule has 2 atom stereocenters. The molecule has 3 N–H and O–H groups in total. The Balaban J connectivity index is 0.00000341. The average Bonchev–Trinajstić information content (AvgIpc) is 3.14. The Morgan fingerprint density at radius 2 is 2.10 bits per heavy atom. The van der Waals surface area contributed by atoms with Crippen molar-refractivity contribution in [2.45, 2.75) is 58.1 Å². The molecule has 0 aromatic carbocycles. The molecule has 31 heavy (non-hydrogen) atoms. The van der Waals surface area contributed by atoms with Crippen LogP contribution in [0.15, 0.2) is 27.8 Å². The highest BCUT2D eigenvalue weighted by Crippen LogP contribution is 2.33. The van der Waals surface area contributed by atoms with Crippen molar-refractivity contribution < 1.29 is 18.7 Å². The Kier molecular flexibility index (Phi) is 10.4. The van der Waals surface area contributed by atoms with Gasteiger partial charge in [-0.1, -0.05) is 0 Å². The minimum atomic E-state index is -0.509. The van der Waals surface area contributed by atoms with Gasteiger partial charge >= 0.3 is 6.09 Å². The standard InChI is InChI=1S/C22H36N4O4.HI/c1-22(2,3)30-21(27)26-19(17-6-7-17)14-25-20(24-13-16-9-12-28-15-16)23-10-8-18-5-4-11-29-18;/h4-5,11,16-17,19H,6-10,12-15H2,1-3H3,(H,26,27)(H2,23,24,25);1H. The van der Waals surface area contributed by atoms with E-state index in [-0.39, 0.29) is 36.1 Å². The van der Waals surface area contributed by atoms with Gasteiger partial charge in [0.05, 0.1) is 25.5 Å². The maximum Gasteiger partial charge on any atom is 0.407 e. The van der Waals surface area contributed by atoms with Gasteiger partial charge < -0.3 is 29.8 Å². The van der Waals surface area contributed by atoms with Crippen LogP contribution in [-0.2, 0) is 15.9 Å². The van der Waals surface area contributed by atoms with Crippen molar-refractivity contribution in [3.8, 4) is 0 Å². The molecule has 1 saturated carbocycles. The fourth-order valence-corrected chi connectivity index (χ4v) is 3.38. The number of aliphatic imine (C=N–C) groups is 1. The molecule has 1 aromatic rings. The molecule has 0 bridgehead atoms. The Hall–Kier alpha value is -1.49. The normalized spacial score (nSPS) is 20.0. The number of ether oxygens (including phenoxy) is 2. The molecular weight excluding hydrogens is 511 g/mol. The molecule has 0 radical (unpaired) electrons. The topological polar surface area (TPSA) is 97.1 Å². The van der Waals surface area contributed by atoms with Gasteiger partial charge in [0.25, 0.3) is 0 Å². The van der Waals surface area contributed by atoms with E-state index in [1.807, 2.05) is 32.9 Å². The lowest BCUT2D eigenvalue weighted by atomic mass is 10.1. The molecule has 2 heterocycles. The Labute approximate surface area is 202 Å². The van der Waals surface area contributed by atoms with Gasteiger partial charge in [-0.05, 0) is 58.1 Å². The highest BCUT2D eigenvalue weighted by atomic mass is 127. The van der Waals surface area contributed by atoms with Crippen LogP contribution >= 0.6 is 24.0 Å². The van der Waals surface area contributed by atoms with Crippen molar-refractivity contribution in [2.75, 3.05) is 32.8 Å². The van der Waals surface area contributed by atoms with Crippen LogP contribution in [0, 0.1) is 11.8 Å². The van der Waals surface area contributed by atoms with Gasteiger partial charge in [-0.15, -0.1) is 24.0 Å². The van der Waals surface area contributed by atoms with E-state index in [0.29, 0.717) is 24.9 Å². The number of amides is 1. The number of alkyl carbamates (subject to hydrolysis) is 1. The summed E-state index contributed by atoms with van der Waals surface area (Å²) >= 11 is 0. The monoisotopic (exact) mass is 548 g/mol. The zero-order valence-corrected chi connectivity index (χ0v) is 21.1. The van der Waals surface area contributed by atoms with Crippen LogP contribution in [0.25, 0.3) is 0 Å². The van der Waals surface area contributed by atoms with Crippen LogP contribution in [0.5, 0.6) is 0 Å². The summed E-state index contributed by atoms with van der Waals surface area (Å²) < 4.78 is 16.3. The number of halogens is 1. The molecule has 2 fully saturated rings. The van der Waals surface area contributed by atoms with Crippen LogP contribution in [0.3, 0.4) is 0 Å². The number of carbonyl (C=O) groups excluding carboxylic acids is 1. The van der Waals surface area contributed by atoms with Gasteiger partial charge in [0, 0.05) is 32.0 Å². The third-order valence-corrected chi connectivity index (χ3v) is 5.17. The number of hydrogen-bond donors (Lipinski definition) is 3. The second-order valence-electron chi connectivity index (χ2n) is 9.15. The Morgan fingerprint density at radius 3 is 2.71 bits per heavy atom. The summed E-state index contributed by atoms with van der Waals surface area (Å²) in [5.41, 5.74) is -0.509. The number of furan rings is 1. The Bertz CT molecular complexity index is 680. The first kappa shape index (κ1) is 25.8.